The highest BCUT2D eigenvalue weighted by Crippen LogP contribution is 2.29. The fraction of sp³-hybridized carbons (Fsp3) is 0.550. The number of ether oxygens (including phenoxy) is 1. The summed E-state index contributed by atoms with van der Waals surface area (Å²) in [6.07, 6.45) is 3.59. The predicted octanol–water partition coefficient (Wildman–Crippen LogP) is 4.66. The van der Waals surface area contributed by atoms with Gasteiger partial charge in [0.05, 0.1) is 17.8 Å². The van der Waals surface area contributed by atoms with E-state index in [-0.39, 0.29) is 5.41 Å². The fourth-order valence-electron chi connectivity index (χ4n) is 3.39. The molecule has 2 aromatic rings. The number of para-hydroxylation sites is 1. The van der Waals surface area contributed by atoms with Gasteiger partial charge in [-0.1, -0.05) is 39.0 Å². The van der Waals surface area contributed by atoms with Crippen molar-refractivity contribution in [2.24, 2.45) is 0 Å². The molecular formula is C20H28N2OS. The number of benzene rings is 1. The number of nitrogens with zero attached hydrogens (tertiary/aromatic N) is 2. The lowest BCUT2D eigenvalue weighted by atomic mass is 9.98. The summed E-state index contributed by atoms with van der Waals surface area (Å²) >= 11 is 1.79. The Morgan fingerprint density at radius 2 is 2.08 bits per heavy atom. The summed E-state index contributed by atoms with van der Waals surface area (Å²) < 4.78 is 5.52. The molecule has 0 amide bonds. The molecule has 0 spiro atoms. The van der Waals surface area contributed by atoms with Crippen LogP contribution in [-0.2, 0) is 18.4 Å². The van der Waals surface area contributed by atoms with E-state index in [4.69, 9.17) is 9.72 Å². The van der Waals surface area contributed by atoms with Crippen molar-refractivity contribution in [2.75, 3.05) is 13.7 Å². The number of hydrogen-bond acceptors (Lipinski definition) is 4. The van der Waals surface area contributed by atoms with Crippen LogP contribution in [0, 0.1) is 0 Å². The SMILES string of the molecule is COc1ccccc1C[C@@H]1CCCN1Cc1csc(C(C)(C)C)n1. The molecule has 1 atom stereocenters. The van der Waals surface area contributed by atoms with Gasteiger partial charge in [-0.3, -0.25) is 4.90 Å². The van der Waals surface area contributed by atoms with Crippen LogP contribution < -0.4 is 4.74 Å². The molecule has 2 heterocycles. The van der Waals surface area contributed by atoms with Gasteiger partial charge in [0.1, 0.15) is 5.75 Å². The Morgan fingerprint density at radius 1 is 1.29 bits per heavy atom. The highest BCUT2D eigenvalue weighted by molar-refractivity contribution is 7.09. The molecule has 0 N–H and O–H groups in total. The van der Waals surface area contributed by atoms with E-state index in [0.29, 0.717) is 6.04 Å². The van der Waals surface area contributed by atoms with Gasteiger partial charge in [-0.2, -0.15) is 0 Å². The first-order valence-electron chi connectivity index (χ1n) is 8.78. The molecule has 3 nitrogen and oxygen atoms in total. The molecule has 1 aliphatic rings. The highest BCUT2D eigenvalue weighted by atomic mass is 32.1. The standard InChI is InChI=1S/C20H28N2OS/c1-20(2,3)19-21-16(14-24-19)13-22-11-7-9-17(22)12-15-8-5-6-10-18(15)23-4/h5-6,8,10,14,17H,7,9,11-13H2,1-4H3/t17-/m0/s1. The molecule has 24 heavy (non-hydrogen) atoms. The number of aromatic nitrogens is 1. The van der Waals surface area contributed by atoms with Gasteiger partial charge in [0.25, 0.3) is 0 Å². The van der Waals surface area contributed by atoms with Crippen LogP contribution in [0.1, 0.15) is 49.9 Å². The van der Waals surface area contributed by atoms with E-state index in [2.05, 4.69) is 49.3 Å². The Kier molecular flexibility index (Phi) is 5.26. The average Bonchev–Trinajstić information content (AvgIpc) is 3.18. The molecule has 130 valence electrons. The van der Waals surface area contributed by atoms with Crippen molar-refractivity contribution in [2.45, 2.75) is 58.0 Å². The first kappa shape index (κ1) is 17.4. The summed E-state index contributed by atoms with van der Waals surface area (Å²) in [7, 11) is 1.76. The maximum absolute atomic E-state index is 5.52. The van der Waals surface area contributed by atoms with Crippen molar-refractivity contribution < 1.29 is 4.74 Å². The smallest absolute Gasteiger partial charge is 0.122 e. The average molecular weight is 345 g/mol. The third-order valence-electron chi connectivity index (χ3n) is 4.71. The zero-order chi connectivity index (χ0) is 17.2. The Labute approximate surface area is 149 Å². The van der Waals surface area contributed by atoms with Crippen LogP contribution in [0.3, 0.4) is 0 Å². The zero-order valence-electron chi connectivity index (χ0n) is 15.2. The number of rotatable bonds is 5. The van der Waals surface area contributed by atoms with E-state index in [1.807, 2.05) is 6.07 Å². The van der Waals surface area contributed by atoms with E-state index in [1.165, 1.54) is 35.7 Å². The largest absolute Gasteiger partial charge is 0.496 e. The monoisotopic (exact) mass is 344 g/mol. The highest BCUT2D eigenvalue weighted by Gasteiger charge is 2.27. The second-order valence-electron chi connectivity index (χ2n) is 7.68. The Balaban J connectivity index is 1.68. The summed E-state index contributed by atoms with van der Waals surface area (Å²) in [5.74, 6) is 1.01. The van der Waals surface area contributed by atoms with E-state index in [0.717, 1.165) is 18.7 Å². The van der Waals surface area contributed by atoms with Crippen LogP contribution in [0.5, 0.6) is 5.75 Å². The van der Waals surface area contributed by atoms with E-state index in [9.17, 15) is 0 Å². The molecule has 1 aromatic carbocycles. The summed E-state index contributed by atoms with van der Waals surface area (Å²) in [5, 5.41) is 3.47. The number of hydrogen-bond donors (Lipinski definition) is 0. The number of likely N-dealkylation sites (tertiary alicyclic amines) is 1. The quantitative estimate of drug-likeness (QED) is 0.789. The van der Waals surface area contributed by atoms with Gasteiger partial charge in [-0.25, -0.2) is 4.98 Å². The molecule has 0 unspecified atom stereocenters. The van der Waals surface area contributed by atoms with Crippen LogP contribution in [0.25, 0.3) is 0 Å². The predicted molar refractivity (Wildman–Crippen MR) is 101 cm³/mol. The Hall–Kier alpha value is -1.39. The van der Waals surface area contributed by atoms with E-state index < -0.39 is 0 Å². The maximum Gasteiger partial charge on any atom is 0.122 e. The molecule has 0 bridgehead atoms. The molecular weight excluding hydrogens is 316 g/mol. The maximum atomic E-state index is 5.52. The van der Waals surface area contributed by atoms with Crippen molar-refractivity contribution in [3.63, 3.8) is 0 Å². The lowest BCUT2D eigenvalue weighted by Crippen LogP contribution is -2.31. The van der Waals surface area contributed by atoms with Gasteiger partial charge in [0, 0.05) is 23.4 Å². The van der Waals surface area contributed by atoms with Crippen molar-refractivity contribution >= 4 is 11.3 Å². The summed E-state index contributed by atoms with van der Waals surface area (Å²) in [5.41, 5.74) is 2.67. The first-order valence-corrected chi connectivity index (χ1v) is 9.66. The van der Waals surface area contributed by atoms with Crippen molar-refractivity contribution in [1.29, 1.82) is 0 Å². The summed E-state index contributed by atoms with van der Waals surface area (Å²) in [6, 6.07) is 8.98. The minimum absolute atomic E-state index is 0.144. The van der Waals surface area contributed by atoms with Gasteiger partial charge < -0.3 is 4.74 Å². The molecule has 0 radical (unpaired) electrons. The van der Waals surface area contributed by atoms with Gasteiger partial charge in [-0.15, -0.1) is 11.3 Å². The molecule has 4 heteroatoms. The molecule has 1 aliphatic heterocycles. The van der Waals surface area contributed by atoms with Gasteiger partial charge in [0.15, 0.2) is 0 Å². The van der Waals surface area contributed by atoms with Crippen molar-refractivity contribution in [3.05, 3.63) is 45.9 Å². The van der Waals surface area contributed by atoms with Crippen molar-refractivity contribution in [3.8, 4) is 5.75 Å². The van der Waals surface area contributed by atoms with Crippen LogP contribution in [0.15, 0.2) is 29.6 Å². The van der Waals surface area contributed by atoms with Crippen LogP contribution in [0.2, 0.25) is 0 Å². The fourth-order valence-corrected chi connectivity index (χ4v) is 4.29. The van der Waals surface area contributed by atoms with Crippen molar-refractivity contribution in [1.82, 2.24) is 9.88 Å². The molecule has 1 aromatic heterocycles. The first-order chi connectivity index (χ1) is 11.5. The lowest BCUT2D eigenvalue weighted by Gasteiger charge is -2.24. The molecule has 0 saturated carbocycles. The summed E-state index contributed by atoms with van der Waals surface area (Å²) in [6.45, 7) is 8.83. The minimum atomic E-state index is 0.144. The Bertz CT molecular complexity index is 674. The zero-order valence-corrected chi connectivity index (χ0v) is 16.0. The number of thiazole rings is 1. The summed E-state index contributed by atoms with van der Waals surface area (Å²) in [4.78, 5) is 7.46. The third kappa shape index (κ3) is 3.98. The molecule has 1 saturated heterocycles. The van der Waals surface area contributed by atoms with Crippen LogP contribution >= 0.6 is 11.3 Å². The molecule has 3 rings (SSSR count). The van der Waals surface area contributed by atoms with E-state index in [1.54, 1.807) is 18.4 Å². The Morgan fingerprint density at radius 3 is 2.79 bits per heavy atom. The van der Waals surface area contributed by atoms with Gasteiger partial charge in [0.2, 0.25) is 0 Å². The lowest BCUT2D eigenvalue weighted by molar-refractivity contribution is 0.240. The minimum Gasteiger partial charge on any atom is -0.496 e. The van der Waals surface area contributed by atoms with E-state index >= 15 is 0 Å². The van der Waals surface area contributed by atoms with Gasteiger partial charge in [-0.05, 0) is 37.4 Å². The van der Waals surface area contributed by atoms with Gasteiger partial charge >= 0.3 is 0 Å². The second-order valence-corrected chi connectivity index (χ2v) is 8.53. The van der Waals surface area contributed by atoms with Crippen LogP contribution in [-0.4, -0.2) is 29.6 Å². The molecule has 1 fully saturated rings. The topological polar surface area (TPSA) is 25.4 Å². The second kappa shape index (κ2) is 7.24. The molecule has 0 aliphatic carbocycles. The van der Waals surface area contributed by atoms with Crippen LogP contribution in [0.4, 0.5) is 0 Å². The normalized spacial score (nSPS) is 18.9. The third-order valence-corrected chi connectivity index (χ3v) is 6.02. The number of methoxy groups -OCH3 is 1.